The first-order chi connectivity index (χ1) is 8.40. The molecule has 0 aliphatic heterocycles. The Kier molecular flexibility index (Phi) is 9.79. The average molecular weight is 308 g/mol. The summed E-state index contributed by atoms with van der Waals surface area (Å²) in [5.74, 6) is -2.76. The van der Waals surface area contributed by atoms with Crippen molar-refractivity contribution in [2.24, 2.45) is 5.14 Å². The highest BCUT2D eigenvalue weighted by molar-refractivity contribution is 7.87. The molecule has 1 atom stereocenters. The molecule has 0 rings (SSSR count). The number of carbonyl (C=O) groups is 1. The smallest absolute Gasteiger partial charge is 0.475 e. The van der Waals surface area contributed by atoms with Crippen LogP contribution >= 0.6 is 0 Å². The van der Waals surface area contributed by atoms with Gasteiger partial charge in [0.05, 0.1) is 0 Å². The number of hydrogen-bond donors (Lipinski definition) is 3. The van der Waals surface area contributed by atoms with Gasteiger partial charge in [0.15, 0.2) is 0 Å². The molecule has 10 heteroatoms. The van der Waals surface area contributed by atoms with E-state index >= 15 is 0 Å². The maximum absolute atomic E-state index is 10.6. The van der Waals surface area contributed by atoms with Crippen molar-refractivity contribution in [1.82, 2.24) is 4.72 Å². The van der Waals surface area contributed by atoms with Crippen molar-refractivity contribution < 1.29 is 31.5 Å². The zero-order valence-electron chi connectivity index (χ0n) is 10.7. The summed E-state index contributed by atoms with van der Waals surface area (Å²) in [5.41, 5.74) is 0. The van der Waals surface area contributed by atoms with Crippen molar-refractivity contribution in [1.29, 1.82) is 0 Å². The number of rotatable bonds is 6. The van der Waals surface area contributed by atoms with Crippen molar-refractivity contribution in [2.75, 3.05) is 0 Å². The molecule has 0 aliphatic rings. The molecule has 0 bridgehead atoms. The standard InChI is InChI=1S/C7H18N2O2S.C2HF3O2/c1-3-4-5-6-7(2)9-12(8,10)11;3-2(4,5)1(6)7/h7,9H,3-6H2,1-2H3,(H2,8,10,11);(H,6,7). The van der Waals surface area contributed by atoms with Crippen LogP contribution in [0.4, 0.5) is 13.2 Å². The van der Waals surface area contributed by atoms with Crippen LogP contribution in [0, 0.1) is 0 Å². The average Bonchev–Trinajstić information content (AvgIpc) is 2.14. The van der Waals surface area contributed by atoms with Crippen LogP contribution in [0.25, 0.3) is 0 Å². The van der Waals surface area contributed by atoms with E-state index < -0.39 is 22.4 Å². The van der Waals surface area contributed by atoms with Crippen LogP contribution in [0.15, 0.2) is 0 Å². The van der Waals surface area contributed by atoms with Gasteiger partial charge in [0.2, 0.25) is 0 Å². The van der Waals surface area contributed by atoms with Gasteiger partial charge >= 0.3 is 12.1 Å². The van der Waals surface area contributed by atoms with Gasteiger partial charge in [-0.05, 0) is 13.3 Å². The lowest BCUT2D eigenvalue weighted by Gasteiger charge is -2.10. The van der Waals surface area contributed by atoms with Gasteiger partial charge in [-0.3, -0.25) is 0 Å². The quantitative estimate of drug-likeness (QED) is 0.644. The molecule has 6 nitrogen and oxygen atoms in total. The van der Waals surface area contributed by atoms with Crippen molar-refractivity contribution >= 4 is 16.2 Å². The lowest BCUT2D eigenvalue weighted by molar-refractivity contribution is -0.192. The second-order valence-corrected chi connectivity index (χ2v) is 5.19. The monoisotopic (exact) mass is 308 g/mol. The van der Waals surface area contributed by atoms with E-state index in [1.54, 1.807) is 0 Å². The van der Waals surface area contributed by atoms with Crippen molar-refractivity contribution in [3.63, 3.8) is 0 Å². The number of halogens is 3. The summed E-state index contributed by atoms with van der Waals surface area (Å²) in [6, 6.07) is -0.0495. The van der Waals surface area contributed by atoms with Gasteiger partial charge in [0.1, 0.15) is 0 Å². The summed E-state index contributed by atoms with van der Waals surface area (Å²) in [4.78, 5) is 8.90. The van der Waals surface area contributed by atoms with Gasteiger partial charge in [-0.15, -0.1) is 0 Å². The molecule has 19 heavy (non-hydrogen) atoms. The second kappa shape index (κ2) is 9.10. The third-order valence-corrected chi connectivity index (χ3v) is 2.58. The van der Waals surface area contributed by atoms with Crippen molar-refractivity contribution in [3.8, 4) is 0 Å². The summed E-state index contributed by atoms with van der Waals surface area (Å²) in [6.07, 6.45) is -0.914. The molecule has 116 valence electrons. The Morgan fingerprint density at radius 3 is 2.05 bits per heavy atom. The molecular weight excluding hydrogens is 289 g/mol. The third-order valence-electron chi connectivity index (χ3n) is 1.85. The van der Waals surface area contributed by atoms with E-state index in [4.69, 9.17) is 15.0 Å². The Balaban J connectivity index is 0. The molecule has 0 aromatic rings. The predicted molar refractivity (Wildman–Crippen MR) is 63.5 cm³/mol. The van der Waals surface area contributed by atoms with E-state index in [1.165, 1.54) is 0 Å². The van der Waals surface area contributed by atoms with Gasteiger partial charge in [-0.1, -0.05) is 26.2 Å². The fraction of sp³-hybridized carbons (Fsp3) is 0.889. The van der Waals surface area contributed by atoms with Crippen LogP contribution in [-0.4, -0.2) is 31.7 Å². The fourth-order valence-corrected chi connectivity index (χ4v) is 1.72. The molecule has 1 unspecified atom stereocenters. The molecule has 0 aromatic heterocycles. The summed E-state index contributed by atoms with van der Waals surface area (Å²) < 4.78 is 55.1. The molecule has 0 amide bonds. The predicted octanol–water partition coefficient (Wildman–Crippen LogP) is 1.38. The normalized spacial score (nSPS) is 13.4. The third kappa shape index (κ3) is 17.1. The first kappa shape index (κ1) is 20.4. The van der Waals surface area contributed by atoms with E-state index in [1.807, 2.05) is 6.92 Å². The lowest BCUT2D eigenvalue weighted by atomic mass is 10.1. The minimum absolute atomic E-state index is 0.0495. The number of hydrogen-bond acceptors (Lipinski definition) is 3. The molecule has 0 radical (unpaired) electrons. The van der Waals surface area contributed by atoms with E-state index in [9.17, 15) is 21.6 Å². The highest BCUT2D eigenvalue weighted by atomic mass is 32.2. The Labute approximate surface area is 110 Å². The molecule has 0 heterocycles. The molecule has 4 N–H and O–H groups in total. The highest BCUT2D eigenvalue weighted by Gasteiger charge is 2.38. The number of carboxylic acid groups (broad SMARTS) is 1. The van der Waals surface area contributed by atoms with Crippen LogP contribution in [0.3, 0.4) is 0 Å². The van der Waals surface area contributed by atoms with Gasteiger partial charge in [-0.2, -0.15) is 26.3 Å². The molecule has 0 aromatic carbocycles. The second-order valence-electron chi connectivity index (χ2n) is 3.86. The van der Waals surface area contributed by atoms with E-state index in [0.717, 1.165) is 25.7 Å². The number of unbranched alkanes of at least 4 members (excludes halogenated alkanes) is 2. The number of alkyl halides is 3. The maximum Gasteiger partial charge on any atom is 0.490 e. The number of carboxylic acids is 1. The lowest BCUT2D eigenvalue weighted by Crippen LogP contribution is -2.37. The highest BCUT2D eigenvalue weighted by Crippen LogP contribution is 2.13. The van der Waals surface area contributed by atoms with Crippen LogP contribution in [0.5, 0.6) is 0 Å². The Morgan fingerprint density at radius 1 is 1.37 bits per heavy atom. The van der Waals surface area contributed by atoms with E-state index in [0.29, 0.717) is 0 Å². The molecule has 0 saturated heterocycles. The van der Waals surface area contributed by atoms with E-state index in [2.05, 4.69) is 11.6 Å². The minimum Gasteiger partial charge on any atom is -0.475 e. The van der Waals surface area contributed by atoms with Crippen LogP contribution < -0.4 is 9.86 Å². The van der Waals surface area contributed by atoms with Crippen molar-refractivity contribution in [2.45, 2.75) is 51.7 Å². The topological polar surface area (TPSA) is 109 Å². The Bertz CT molecular complexity index is 357. The SMILES string of the molecule is CCCCCC(C)NS(N)(=O)=O.O=C(O)C(F)(F)F. The summed E-state index contributed by atoms with van der Waals surface area (Å²) >= 11 is 0. The van der Waals surface area contributed by atoms with Crippen LogP contribution in [-0.2, 0) is 15.0 Å². The Hall–Kier alpha value is -0.870. The maximum atomic E-state index is 10.6. The molecule has 0 fully saturated rings. The fourth-order valence-electron chi connectivity index (χ4n) is 1.04. The molecule has 0 aliphatic carbocycles. The summed E-state index contributed by atoms with van der Waals surface area (Å²) in [7, 11) is -3.51. The molecule has 0 saturated carbocycles. The Morgan fingerprint density at radius 2 is 1.79 bits per heavy atom. The van der Waals surface area contributed by atoms with Crippen molar-refractivity contribution in [3.05, 3.63) is 0 Å². The largest absolute Gasteiger partial charge is 0.490 e. The summed E-state index contributed by atoms with van der Waals surface area (Å²) in [6.45, 7) is 3.93. The van der Waals surface area contributed by atoms with Crippen LogP contribution in [0.1, 0.15) is 39.5 Å². The van der Waals surface area contributed by atoms with Gasteiger partial charge in [0, 0.05) is 6.04 Å². The molecule has 0 spiro atoms. The number of nitrogens with two attached hydrogens (primary N) is 1. The zero-order valence-corrected chi connectivity index (χ0v) is 11.5. The van der Waals surface area contributed by atoms with Crippen LogP contribution in [0.2, 0.25) is 0 Å². The zero-order chi connectivity index (χ0) is 15.7. The number of aliphatic carboxylic acids is 1. The van der Waals surface area contributed by atoms with Gasteiger partial charge < -0.3 is 5.11 Å². The van der Waals surface area contributed by atoms with Gasteiger partial charge in [-0.25, -0.2) is 9.93 Å². The minimum atomic E-state index is -5.08. The van der Waals surface area contributed by atoms with Gasteiger partial charge in [0.25, 0.3) is 10.2 Å². The number of nitrogens with one attached hydrogen (secondary N) is 1. The first-order valence-electron chi connectivity index (χ1n) is 5.50. The molecular formula is C9H19F3N2O4S. The first-order valence-corrected chi connectivity index (χ1v) is 7.05. The van der Waals surface area contributed by atoms with E-state index in [-0.39, 0.29) is 6.04 Å². The summed E-state index contributed by atoms with van der Waals surface area (Å²) in [5, 5.41) is 11.9.